The van der Waals surface area contributed by atoms with E-state index in [0.717, 1.165) is 21.6 Å². The first-order chi connectivity index (χ1) is 30.0. The van der Waals surface area contributed by atoms with Gasteiger partial charge in [-0.1, -0.05) is 67.8 Å². The Bertz CT molecular complexity index is 1840. The fourth-order valence-corrected chi connectivity index (χ4v) is 8.22. The Balaban J connectivity index is 2.50. The van der Waals surface area contributed by atoms with Crippen molar-refractivity contribution < 1.29 is 58.2 Å². The van der Waals surface area contributed by atoms with Crippen LogP contribution in [-0.4, -0.2) is 142 Å². The number of amides is 10. The summed E-state index contributed by atoms with van der Waals surface area (Å²) in [4.78, 5) is 131. The van der Waals surface area contributed by atoms with Crippen LogP contribution < -0.4 is 59.7 Å². The molecule has 0 aromatic heterocycles. The second-order valence-electron chi connectivity index (χ2n) is 15.7. The van der Waals surface area contributed by atoms with E-state index in [1.54, 1.807) is 27.7 Å². The van der Waals surface area contributed by atoms with E-state index in [1.165, 1.54) is 31.2 Å². The number of carbonyl (C=O) groups is 10. The second-order valence-corrected chi connectivity index (χ2v) is 18.2. The molecule has 1 heterocycles. The normalized spacial score (nSPS) is 23.3. The number of phenolic OH excluding ortho intramolecular Hbond substituents is 1. The molecule has 9 atom stereocenters. The van der Waals surface area contributed by atoms with Gasteiger partial charge in [-0.2, -0.15) is 0 Å². The second kappa shape index (κ2) is 26.8. The molecule has 1 aromatic carbocycles. The highest BCUT2D eigenvalue weighted by atomic mass is 33.1. The van der Waals surface area contributed by atoms with E-state index in [4.69, 9.17) is 17.2 Å². The minimum Gasteiger partial charge on any atom is -0.508 e. The lowest BCUT2D eigenvalue weighted by Crippen LogP contribution is -2.63. The number of hydrogen-bond donors (Lipinski definition) is 13. The number of primary amides is 2. The fraction of sp³-hybridized carbons (Fsp3) is 0.590. The van der Waals surface area contributed by atoms with Crippen molar-refractivity contribution in [1.29, 1.82) is 0 Å². The quantitative estimate of drug-likeness (QED) is 0.0697. The van der Waals surface area contributed by atoms with Crippen molar-refractivity contribution in [1.82, 2.24) is 42.5 Å². The molecule has 356 valence electrons. The highest BCUT2D eigenvalue weighted by Crippen LogP contribution is 2.23. The Labute approximate surface area is 378 Å². The van der Waals surface area contributed by atoms with E-state index in [9.17, 15) is 58.2 Å². The average molecular weight is 940 g/mol. The molecule has 10 amide bonds. The highest BCUT2D eigenvalue weighted by molar-refractivity contribution is 8.76. The zero-order valence-electron chi connectivity index (χ0n) is 36.3. The molecule has 64 heavy (non-hydrogen) atoms. The van der Waals surface area contributed by atoms with Crippen LogP contribution in [0.5, 0.6) is 5.75 Å². The van der Waals surface area contributed by atoms with Crippen molar-refractivity contribution in [2.45, 2.75) is 109 Å². The van der Waals surface area contributed by atoms with Crippen LogP contribution in [0.3, 0.4) is 0 Å². The van der Waals surface area contributed by atoms with E-state index < -0.39 is 133 Å². The van der Waals surface area contributed by atoms with Crippen LogP contribution in [0.25, 0.3) is 0 Å². The van der Waals surface area contributed by atoms with Gasteiger partial charge in [0.1, 0.15) is 42.0 Å². The maximum atomic E-state index is 13.9. The van der Waals surface area contributed by atoms with Crippen molar-refractivity contribution in [3.05, 3.63) is 29.8 Å². The van der Waals surface area contributed by atoms with Gasteiger partial charge in [0.05, 0.1) is 31.7 Å². The number of rotatable bonds is 16. The summed E-state index contributed by atoms with van der Waals surface area (Å²) in [6, 6.07) is -4.16. The van der Waals surface area contributed by atoms with Crippen molar-refractivity contribution in [3.8, 4) is 5.75 Å². The van der Waals surface area contributed by atoms with E-state index in [2.05, 4.69) is 42.5 Å². The average Bonchev–Trinajstić information content (AvgIpc) is 3.22. The van der Waals surface area contributed by atoms with Crippen molar-refractivity contribution >= 4 is 80.7 Å². The molecule has 16 N–H and O–H groups in total. The predicted molar refractivity (Wildman–Crippen MR) is 236 cm³/mol. The first-order valence-electron chi connectivity index (χ1n) is 20.4. The number of nitrogens with two attached hydrogens (primary N) is 3. The fourth-order valence-electron chi connectivity index (χ4n) is 5.94. The van der Waals surface area contributed by atoms with E-state index in [0.29, 0.717) is 12.0 Å². The molecule has 1 aliphatic rings. The number of aliphatic hydroxyl groups excluding tert-OH is 1. The largest absolute Gasteiger partial charge is 0.508 e. The third-order valence-corrected chi connectivity index (χ3v) is 12.1. The zero-order valence-corrected chi connectivity index (χ0v) is 37.9. The molecule has 1 saturated heterocycles. The third kappa shape index (κ3) is 19.0. The van der Waals surface area contributed by atoms with Crippen LogP contribution >= 0.6 is 21.6 Å². The minimum atomic E-state index is -1.77. The van der Waals surface area contributed by atoms with Crippen LogP contribution in [0.2, 0.25) is 0 Å². The van der Waals surface area contributed by atoms with Crippen LogP contribution in [0.15, 0.2) is 24.3 Å². The lowest BCUT2D eigenvalue weighted by Gasteiger charge is -2.30. The van der Waals surface area contributed by atoms with Gasteiger partial charge in [0, 0.05) is 17.9 Å². The molecule has 23 nitrogen and oxygen atoms in total. The molecule has 1 aliphatic heterocycles. The smallest absolute Gasteiger partial charge is 0.245 e. The summed E-state index contributed by atoms with van der Waals surface area (Å²) in [6.45, 7) is 6.94. The van der Waals surface area contributed by atoms with Crippen LogP contribution in [0.4, 0.5) is 0 Å². The molecule has 0 aliphatic carbocycles. The van der Waals surface area contributed by atoms with E-state index >= 15 is 0 Å². The maximum absolute atomic E-state index is 13.9. The number of aromatic hydroxyl groups is 1. The summed E-state index contributed by atoms with van der Waals surface area (Å²) >= 11 is 0. The molecular weight excluding hydrogens is 879 g/mol. The molecule has 1 fully saturated rings. The van der Waals surface area contributed by atoms with Gasteiger partial charge in [-0.3, -0.25) is 47.9 Å². The number of aliphatic hydroxyl groups is 1. The van der Waals surface area contributed by atoms with Crippen molar-refractivity contribution in [3.63, 3.8) is 0 Å². The Morgan fingerprint density at radius 2 is 1.33 bits per heavy atom. The van der Waals surface area contributed by atoms with Crippen LogP contribution in [0.1, 0.15) is 59.4 Å². The standard InChI is InChI=1S/C39H61N11O12S2/c1-6-19(4)31-38(61)50-32(20(5)51)39(62)47-26(13-28(41)53)36(59)48-27(35(58)44-15-30(55)45-24(11-18(2)3)34(57)43-14-29(42)54)17-64-63-16-23(40)33(56)46-25(37(60)49-31)12-21-7-9-22(52)10-8-21/h7-10,18-20,23-27,31-32,51-52H,6,11-17,40H2,1-5H3,(H2,41,53)(H2,42,54)(H,43,57)(H,44,58)(H,45,55)(H,46,56)(H,47,62)(H,48,59)(H,49,60)(H,50,61)/t19-,20+,23-,24-,25+,26-,27-,31-,32-/m0/s1. The molecule has 0 saturated carbocycles. The van der Waals surface area contributed by atoms with Gasteiger partial charge in [0.2, 0.25) is 59.1 Å². The van der Waals surface area contributed by atoms with Gasteiger partial charge >= 0.3 is 0 Å². The summed E-state index contributed by atoms with van der Waals surface area (Å²) < 4.78 is 0. The van der Waals surface area contributed by atoms with Gasteiger partial charge < -0.3 is 69.9 Å². The lowest BCUT2D eigenvalue weighted by molar-refractivity contribution is -0.138. The molecule has 25 heteroatoms. The molecule has 0 unspecified atom stereocenters. The van der Waals surface area contributed by atoms with Crippen LogP contribution in [-0.2, 0) is 54.4 Å². The minimum absolute atomic E-state index is 0.0446. The maximum Gasteiger partial charge on any atom is 0.245 e. The Morgan fingerprint density at radius 1 is 0.750 bits per heavy atom. The summed E-state index contributed by atoms with van der Waals surface area (Å²) in [5.41, 5.74) is 17.3. The Kier molecular flexibility index (Phi) is 22.8. The number of hydrogen-bond acceptors (Lipinski definition) is 15. The molecule has 0 spiro atoms. The third-order valence-electron chi connectivity index (χ3n) is 9.66. The number of nitrogens with one attached hydrogen (secondary N) is 8. The molecule has 2 rings (SSSR count). The Morgan fingerprint density at radius 3 is 1.91 bits per heavy atom. The van der Waals surface area contributed by atoms with Crippen molar-refractivity contribution in [2.75, 3.05) is 24.6 Å². The molecule has 0 bridgehead atoms. The number of carbonyl (C=O) groups excluding carboxylic acids is 10. The first kappa shape index (κ1) is 54.5. The van der Waals surface area contributed by atoms with E-state index in [-0.39, 0.29) is 36.0 Å². The van der Waals surface area contributed by atoms with Crippen molar-refractivity contribution in [2.24, 2.45) is 29.0 Å². The van der Waals surface area contributed by atoms with Gasteiger partial charge in [-0.05, 0) is 42.9 Å². The van der Waals surface area contributed by atoms with E-state index in [1.807, 2.05) is 0 Å². The van der Waals surface area contributed by atoms with Gasteiger partial charge in [0.25, 0.3) is 0 Å². The van der Waals surface area contributed by atoms with Gasteiger partial charge in [0.15, 0.2) is 0 Å². The first-order valence-corrected chi connectivity index (χ1v) is 22.9. The summed E-state index contributed by atoms with van der Waals surface area (Å²) in [6.07, 6.45) is -2.01. The predicted octanol–water partition coefficient (Wildman–Crippen LogP) is -4.37. The number of phenols is 1. The van der Waals surface area contributed by atoms with Crippen LogP contribution in [0, 0.1) is 11.8 Å². The highest BCUT2D eigenvalue weighted by Gasteiger charge is 2.37. The molecule has 0 radical (unpaired) electrons. The molecular formula is C39H61N11O12S2. The monoisotopic (exact) mass is 939 g/mol. The summed E-state index contributed by atoms with van der Waals surface area (Å²) in [5, 5.41) is 40.0. The zero-order chi connectivity index (χ0) is 48.3. The topological polar surface area (TPSA) is 385 Å². The summed E-state index contributed by atoms with van der Waals surface area (Å²) in [5.74, 6) is -10.1. The Hall–Kier alpha value is -5.66. The van der Waals surface area contributed by atoms with Gasteiger partial charge in [-0.15, -0.1) is 0 Å². The van der Waals surface area contributed by atoms with Gasteiger partial charge in [-0.25, -0.2) is 0 Å². The lowest BCUT2D eigenvalue weighted by atomic mass is 9.96. The number of benzene rings is 1. The summed E-state index contributed by atoms with van der Waals surface area (Å²) in [7, 11) is 1.97. The SMILES string of the molecule is CC[C@H](C)[C@@H]1NC(=O)[C@@H](Cc2ccc(O)cc2)NC(=O)[C@@H](N)CSSC[C@@H](C(=O)NCC(=O)N[C@@H](CC(C)C)C(=O)NCC(N)=O)NC(=O)[C@H](CC(N)=O)NC(=O)[C@H]([C@@H](C)O)NC1=O. The molecule has 1 aromatic rings.